The van der Waals surface area contributed by atoms with Crippen LogP contribution in [0.15, 0.2) is 69.7 Å². The number of aromatic nitrogens is 2. The highest BCUT2D eigenvalue weighted by Crippen LogP contribution is 2.22. The smallest absolute Gasteiger partial charge is 0.338 e. The molecule has 0 unspecified atom stereocenters. The van der Waals surface area contributed by atoms with Gasteiger partial charge in [0.25, 0.3) is 11.8 Å². The normalized spacial score (nSPS) is 10.6. The van der Waals surface area contributed by atoms with Crippen molar-refractivity contribution >= 4 is 29.2 Å². The molecule has 2 aromatic heterocycles. The third kappa shape index (κ3) is 4.81. The molecule has 9 heteroatoms. The van der Waals surface area contributed by atoms with Crippen molar-refractivity contribution in [2.45, 2.75) is 13.5 Å². The summed E-state index contributed by atoms with van der Waals surface area (Å²) in [7, 11) is 0. The highest BCUT2D eigenvalue weighted by atomic mass is 35.5. The van der Waals surface area contributed by atoms with Crippen LogP contribution in [0.3, 0.4) is 0 Å². The van der Waals surface area contributed by atoms with Crippen LogP contribution in [-0.2, 0) is 11.3 Å². The predicted octanol–water partition coefficient (Wildman–Crippen LogP) is 4.90. The molecule has 0 fully saturated rings. The van der Waals surface area contributed by atoms with Crippen LogP contribution in [0.1, 0.15) is 32.4 Å². The highest BCUT2D eigenvalue weighted by Gasteiger charge is 2.15. The van der Waals surface area contributed by atoms with Crippen molar-refractivity contribution < 1.29 is 23.2 Å². The number of aryl methyl sites for hydroxylation is 1. The van der Waals surface area contributed by atoms with Gasteiger partial charge in [0.2, 0.25) is 5.89 Å². The number of nitrogens with zero attached hydrogens (tertiary/aromatic N) is 2. The van der Waals surface area contributed by atoms with Crippen LogP contribution < -0.4 is 5.32 Å². The molecule has 0 spiro atoms. The van der Waals surface area contributed by atoms with Crippen LogP contribution in [0.4, 0.5) is 5.69 Å². The van der Waals surface area contributed by atoms with Crippen molar-refractivity contribution in [3.05, 3.63) is 88.7 Å². The minimum atomic E-state index is -0.597. The fraction of sp³-hybridized carbons (Fsp3) is 0.0909. The Morgan fingerprint density at radius 2 is 1.90 bits per heavy atom. The lowest BCUT2D eigenvalue weighted by atomic mass is 10.1. The first-order chi connectivity index (χ1) is 15.0. The van der Waals surface area contributed by atoms with Gasteiger partial charge in [-0.3, -0.25) is 4.79 Å². The van der Waals surface area contributed by atoms with Crippen LogP contribution in [0.5, 0.6) is 0 Å². The summed E-state index contributed by atoms with van der Waals surface area (Å²) in [6.45, 7) is 1.62. The van der Waals surface area contributed by atoms with E-state index in [1.54, 1.807) is 48.5 Å². The fourth-order valence-corrected chi connectivity index (χ4v) is 2.83. The Morgan fingerprint density at radius 1 is 1.10 bits per heavy atom. The summed E-state index contributed by atoms with van der Waals surface area (Å²) in [6.07, 6.45) is 1.41. The number of benzene rings is 2. The molecule has 0 radical (unpaired) electrons. The molecule has 0 atom stereocenters. The summed E-state index contributed by atoms with van der Waals surface area (Å²) < 4.78 is 15.9. The zero-order valence-corrected chi connectivity index (χ0v) is 17.1. The molecule has 2 heterocycles. The lowest BCUT2D eigenvalue weighted by Crippen LogP contribution is -2.13. The van der Waals surface area contributed by atoms with Crippen molar-refractivity contribution in [2.24, 2.45) is 0 Å². The van der Waals surface area contributed by atoms with E-state index in [4.69, 9.17) is 25.2 Å². The van der Waals surface area contributed by atoms with Crippen LogP contribution in [0.25, 0.3) is 11.5 Å². The maximum atomic E-state index is 12.5. The number of hydrogen-bond donors (Lipinski definition) is 1. The molecule has 4 rings (SSSR count). The Balaban J connectivity index is 1.41. The first-order valence-corrected chi connectivity index (χ1v) is 9.58. The first kappa shape index (κ1) is 20.4. The molecule has 0 aliphatic heterocycles. The van der Waals surface area contributed by atoms with Gasteiger partial charge in [0, 0.05) is 16.3 Å². The molecule has 8 nitrogen and oxygen atoms in total. The third-order valence-corrected chi connectivity index (χ3v) is 4.60. The van der Waals surface area contributed by atoms with E-state index in [9.17, 15) is 9.59 Å². The molecule has 2 aromatic carbocycles. The van der Waals surface area contributed by atoms with Crippen LogP contribution in [-0.4, -0.2) is 22.1 Å². The highest BCUT2D eigenvalue weighted by molar-refractivity contribution is 6.30. The summed E-state index contributed by atoms with van der Waals surface area (Å²) in [5, 5.41) is 11.1. The lowest BCUT2D eigenvalue weighted by Gasteiger charge is -2.09. The molecule has 0 saturated carbocycles. The SMILES string of the molecule is Cc1ccc(C(=O)OCc2nnc(-c3ccc(Cl)cc3)o2)cc1NC(=O)c1ccco1. The Bertz CT molecular complexity index is 1220. The van der Waals surface area contributed by atoms with Gasteiger partial charge >= 0.3 is 5.97 Å². The second kappa shape index (κ2) is 8.85. The zero-order chi connectivity index (χ0) is 21.8. The standard InChI is InChI=1S/C22H16ClN3O5/c1-13-4-5-15(11-17(13)24-20(27)18-3-2-10-29-18)22(28)30-12-19-25-26-21(31-19)14-6-8-16(23)9-7-14/h2-11H,12H2,1H3,(H,24,27). The topological polar surface area (TPSA) is 107 Å². The number of carbonyl (C=O) groups excluding carboxylic acids is 2. The van der Waals surface area contributed by atoms with E-state index < -0.39 is 11.9 Å². The number of ether oxygens (including phenoxy) is 1. The Labute approximate surface area is 181 Å². The van der Waals surface area contributed by atoms with Gasteiger partial charge in [0.05, 0.1) is 11.8 Å². The van der Waals surface area contributed by atoms with E-state index in [2.05, 4.69) is 15.5 Å². The number of anilines is 1. The molecular weight excluding hydrogens is 422 g/mol. The van der Waals surface area contributed by atoms with Crippen molar-refractivity contribution in [3.8, 4) is 11.5 Å². The lowest BCUT2D eigenvalue weighted by molar-refractivity contribution is 0.0438. The Hall–Kier alpha value is -3.91. The fourth-order valence-electron chi connectivity index (χ4n) is 2.71. The molecule has 4 aromatic rings. The van der Waals surface area contributed by atoms with E-state index in [1.165, 1.54) is 12.3 Å². The maximum absolute atomic E-state index is 12.5. The summed E-state index contributed by atoms with van der Waals surface area (Å²) in [4.78, 5) is 24.7. The van der Waals surface area contributed by atoms with E-state index in [0.29, 0.717) is 22.2 Å². The number of rotatable bonds is 6. The number of hydrogen-bond acceptors (Lipinski definition) is 7. The van der Waals surface area contributed by atoms with Gasteiger partial charge in [-0.2, -0.15) is 0 Å². The van der Waals surface area contributed by atoms with Gasteiger partial charge in [-0.25, -0.2) is 4.79 Å². The number of esters is 1. The average molecular weight is 438 g/mol. The van der Waals surface area contributed by atoms with E-state index >= 15 is 0 Å². The molecule has 0 aliphatic carbocycles. The number of amides is 1. The summed E-state index contributed by atoms with van der Waals surface area (Å²) in [5.74, 6) is -0.406. The summed E-state index contributed by atoms with van der Waals surface area (Å²) in [5.41, 5.74) is 2.21. The van der Waals surface area contributed by atoms with Crippen molar-refractivity contribution in [2.75, 3.05) is 5.32 Å². The molecule has 0 aliphatic rings. The monoisotopic (exact) mass is 437 g/mol. The van der Waals surface area contributed by atoms with E-state index in [-0.39, 0.29) is 23.8 Å². The molecule has 31 heavy (non-hydrogen) atoms. The molecule has 1 N–H and O–H groups in total. The quantitative estimate of drug-likeness (QED) is 0.427. The first-order valence-electron chi connectivity index (χ1n) is 9.20. The maximum Gasteiger partial charge on any atom is 0.338 e. The third-order valence-electron chi connectivity index (χ3n) is 4.35. The van der Waals surface area contributed by atoms with Crippen LogP contribution in [0.2, 0.25) is 5.02 Å². The molecule has 0 bridgehead atoms. The largest absolute Gasteiger partial charge is 0.459 e. The summed E-state index contributed by atoms with van der Waals surface area (Å²) in [6, 6.07) is 14.9. The average Bonchev–Trinajstić information content (AvgIpc) is 3.46. The van der Waals surface area contributed by atoms with Crippen LogP contribution in [0, 0.1) is 6.92 Å². The van der Waals surface area contributed by atoms with Crippen molar-refractivity contribution in [3.63, 3.8) is 0 Å². The van der Waals surface area contributed by atoms with Gasteiger partial charge in [-0.05, 0) is 61.0 Å². The minimum absolute atomic E-state index is 0.150. The molecule has 156 valence electrons. The van der Waals surface area contributed by atoms with Gasteiger partial charge in [-0.1, -0.05) is 17.7 Å². The molecular formula is C22H16ClN3O5. The Morgan fingerprint density at radius 3 is 2.65 bits per heavy atom. The number of nitrogens with one attached hydrogen (secondary N) is 1. The van der Waals surface area contributed by atoms with Gasteiger partial charge < -0.3 is 18.9 Å². The van der Waals surface area contributed by atoms with E-state index in [1.807, 2.05) is 6.92 Å². The molecule has 1 amide bonds. The number of halogens is 1. The zero-order valence-electron chi connectivity index (χ0n) is 16.3. The second-order valence-electron chi connectivity index (χ2n) is 6.55. The minimum Gasteiger partial charge on any atom is -0.459 e. The van der Waals surface area contributed by atoms with Gasteiger partial charge in [-0.15, -0.1) is 10.2 Å². The van der Waals surface area contributed by atoms with Crippen molar-refractivity contribution in [1.82, 2.24) is 10.2 Å². The summed E-state index contributed by atoms with van der Waals surface area (Å²) >= 11 is 5.87. The predicted molar refractivity (Wildman–Crippen MR) is 112 cm³/mol. The van der Waals surface area contributed by atoms with Gasteiger partial charge in [0.15, 0.2) is 12.4 Å². The number of carbonyl (C=O) groups is 2. The van der Waals surface area contributed by atoms with Crippen molar-refractivity contribution in [1.29, 1.82) is 0 Å². The second-order valence-corrected chi connectivity index (χ2v) is 6.98. The Kier molecular flexibility index (Phi) is 5.81. The molecule has 0 saturated heterocycles. The van der Waals surface area contributed by atoms with E-state index in [0.717, 1.165) is 5.56 Å². The van der Waals surface area contributed by atoms with Crippen LogP contribution >= 0.6 is 11.6 Å². The number of furan rings is 1. The van der Waals surface area contributed by atoms with Gasteiger partial charge in [0.1, 0.15) is 0 Å².